The van der Waals surface area contributed by atoms with Crippen LogP contribution in [0.1, 0.15) is 49.8 Å². The minimum absolute atomic E-state index is 0.0607. The van der Waals surface area contributed by atoms with Crippen LogP contribution in [0.25, 0.3) is 0 Å². The lowest BCUT2D eigenvalue weighted by atomic mass is 9.89. The number of benzene rings is 2. The monoisotopic (exact) mass is 562 g/mol. The van der Waals surface area contributed by atoms with Gasteiger partial charge in [0.15, 0.2) is 0 Å². The Labute approximate surface area is 226 Å². The zero-order valence-corrected chi connectivity index (χ0v) is 22.9. The van der Waals surface area contributed by atoms with E-state index in [9.17, 15) is 26.8 Å². The summed E-state index contributed by atoms with van der Waals surface area (Å²) in [5, 5.41) is 5.51. The molecule has 0 bridgehead atoms. The average molecular weight is 563 g/mol. The molecule has 2 aromatic carbocycles. The maximum absolute atomic E-state index is 13.2. The SMILES string of the molecule is CCC(=O)Nc1ccc(CCS(=O)(=O)N2CCC3(CC2)N=C(c2cccc(OC(C)(F)F)c2)NC3=O)c(C)c1. The number of halogens is 2. The van der Waals surface area contributed by atoms with Crippen molar-refractivity contribution in [3.63, 3.8) is 0 Å². The van der Waals surface area contributed by atoms with Gasteiger partial charge in [0, 0.05) is 37.7 Å². The van der Waals surface area contributed by atoms with Crippen LogP contribution in [0.3, 0.4) is 0 Å². The van der Waals surface area contributed by atoms with E-state index in [4.69, 9.17) is 0 Å². The highest BCUT2D eigenvalue weighted by atomic mass is 32.2. The second kappa shape index (κ2) is 11.0. The molecule has 2 amide bonds. The van der Waals surface area contributed by atoms with E-state index in [1.807, 2.05) is 19.1 Å². The molecule has 39 heavy (non-hydrogen) atoms. The number of aliphatic imine (C=N–C) groups is 1. The summed E-state index contributed by atoms with van der Waals surface area (Å²) in [4.78, 5) is 29.1. The highest BCUT2D eigenvalue weighted by Gasteiger charge is 2.47. The van der Waals surface area contributed by atoms with Crippen LogP contribution in [0.2, 0.25) is 0 Å². The van der Waals surface area contributed by atoms with Gasteiger partial charge in [0.05, 0.1) is 5.75 Å². The normalized spacial score (nSPS) is 17.6. The van der Waals surface area contributed by atoms with Crippen molar-refractivity contribution in [2.75, 3.05) is 24.2 Å². The molecule has 9 nitrogen and oxygen atoms in total. The van der Waals surface area contributed by atoms with Crippen molar-refractivity contribution in [2.24, 2.45) is 4.99 Å². The van der Waals surface area contributed by atoms with E-state index >= 15 is 0 Å². The number of amidine groups is 1. The molecular weight excluding hydrogens is 530 g/mol. The Morgan fingerprint density at radius 3 is 2.56 bits per heavy atom. The number of carbonyl (C=O) groups excluding carboxylic acids is 2. The number of carbonyl (C=O) groups is 2. The van der Waals surface area contributed by atoms with Gasteiger partial charge in [0.25, 0.3) is 5.91 Å². The molecule has 1 spiro atoms. The zero-order chi connectivity index (χ0) is 28.4. The van der Waals surface area contributed by atoms with Gasteiger partial charge < -0.3 is 15.4 Å². The van der Waals surface area contributed by atoms with Gasteiger partial charge in [-0.25, -0.2) is 12.7 Å². The van der Waals surface area contributed by atoms with Crippen molar-refractivity contribution < 1.29 is 31.5 Å². The minimum atomic E-state index is -3.59. The molecule has 0 aliphatic carbocycles. The molecule has 2 aliphatic heterocycles. The predicted molar refractivity (Wildman–Crippen MR) is 143 cm³/mol. The van der Waals surface area contributed by atoms with Crippen molar-refractivity contribution >= 4 is 33.4 Å². The number of hydrogen-bond acceptors (Lipinski definition) is 6. The summed E-state index contributed by atoms with van der Waals surface area (Å²) < 4.78 is 58.7. The van der Waals surface area contributed by atoms with Crippen LogP contribution in [0.5, 0.6) is 5.75 Å². The molecule has 1 saturated heterocycles. The van der Waals surface area contributed by atoms with E-state index in [0.29, 0.717) is 31.0 Å². The third-order valence-corrected chi connectivity index (χ3v) is 8.78. The van der Waals surface area contributed by atoms with E-state index in [2.05, 4.69) is 20.4 Å². The second-order valence-corrected chi connectivity index (χ2v) is 12.0. The van der Waals surface area contributed by atoms with Crippen LogP contribution in [0.4, 0.5) is 14.5 Å². The summed E-state index contributed by atoms with van der Waals surface area (Å²) in [5.74, 6) is -0.335. The van der Waals surface area contributed by atoms with Gasteiger partial charge >= 0.3 is 6.11 Å². The van der Waals surface area contributed by atoms with Crippen LogP contribution >= 0.6 is 0 Å². The molecule has 12 heteroatoms. The summed E-state index contributed by atoms with van der Waals surface area (Å²) in [6.07, 6.45) is -2.26. The largest absolute Gasteiger partial charge is 0.433 e. The zero-order valence-electron chi connectivity index (χ0n) is 22.1. The Hall–Kier alpha value is -3.38. The molecule has 1 fully saturated rings. The quantitative estimate of drug-likeness (QED) is 0.484. The molecule has 0 atom stereocenters. The first kappa shape index (κ1) is 28.6. The second-order valence-electron chi connectivity index (χ2n) is 9.89. The molecule has 210 valence electrons. The summed E-state index contributed by atoms with van der Waals surface area (Å²) in [6.45, 7) is 4.55. The number of alkyl halides is 2. The van der Waals surface area contributed by atoms with Gasteiger partial charge in [-0.15, -0.1) is 0 Å². The number of anilines is 1. The van der Waals surface area contributed by atoms with Crippen LogP contribution < -0.4 is 15.4 Å². The van der Waals surface area contributed by atoms with Crippen molar-refractivity contribution in [2.45, 2.75) is 58.1 Å². The maximum atomic E-state index is 13.2. The Balaban J connectivity index is 1.39. The third kappa shape index (κ3) is 6.80. The highest BCUT2D eigenvalue weighted by molar-refractivity contribution is 7.89. The smallest absolute Gasteiger partial charge is 0.394 e. The van der Waals surface area contributed by atoms with Gasteiger partial charge in [-0.2, -0.15) is 8.78 Å². The Bertz CT molecular complexity index is 1400. The molecule has 4 rings (SSSR count). The standard InChI is InChI=1S/C27H32F2N4O5S/c1-4-23(34)30-21-9-8-19(18(2)16-21)10-15-39(36,37)33-13-11-27(12-14-33)25(35)31-24(32-27)20-6-5-7-22(17-20)38-26(3,28)29/h5-9,16-17H,4,10-15H2,1-3H3,(H,30,34)(H,31,32,35). The number of nitrogens with one attached hydrogen (secondary N) is 2. The Morgan fingerprint density at radius 1 is 1.21 bits per heavy atom. The summed E-state index contributed by atoms with van der Waals surface area (Å²) in [7, 11) is -3.59. The molecule has 0 unspecified atom stereocenters. The minimum Gasteiger partial charge on any atom is -0.433 e. The number of aryl methyl sites for hydroxylation is 2. The van der Waals surface area contributed by atoms with Crippen molar-refractivity contribution in [3.8, 4) is 5.75 Å². The van der Waals surface area contributed by atoms with Gasteiger partial charge in [-0.3, -0.25) is 14.6 Å². The molecule has 0 saturated carbocycles. The van der Waals surface area contributed by atoms with E-state index in [0.717, 1.165) is 11.1 Å². The van der Waals surface area contributed by atoms with E-state index in [1.165, 1.54) is 22.5 Å². The molecule has 2 N–H and O–H groups in total. The average Bonchev–Trinajstić information content (AvgIpc) is 3.18. The molecular formula is C27H32F2N4O5S. The lowest BCUT2D eigenvalue weighted by Gasteiger charge is -2.34. The van der Waals surface area contributed by atoms with Gasteiger partial charge in [0.2, 0.25) is 15.9 Å². The van der Waals surface area contributed by atoms with Crippen LogP contribution in [0, 0.1) is 6.92 Å². The van der Waals surface area contributed by atoms with Gasteiger partial charge in [-0.05, 0) is 61.6 Å². The van der Waals surface area contributed by atoms with Crippen molar-refractivity contribution in [3.05, 3.63) is 59.2 Å². The third-order valence-electron chi connectivity index (χ3n) is 6.90. The summed E-state index contributed by atoms with van der Waals surface area (Å²) >= 11 is 0. The fourth-order valence-electron chi connectivity index (χ4n) is 4.71. The van der Waals surface area contributed by atoms with Crippen LogP contribution in [-0.4, -0.2) is 60.9 Å². The first-order chi connectivity index (χ1) is 18.3. The molecule has 0 aromatic heterocycles. The fourth-order valence-corrected chi connectivity index (χ4v) is 6.19. The summed E-state index contributed by atoms with van der Waals surface area (Å²) in [6, 6.07) is 11.3. The van der Waals surface area contributed by atoms with E-state index in [1.54, 1.807) is 19.1 Å². The number of nitrogens with zero attached hydrogens (tertiary/aromatic N) is 2. The van der Waals surface area contributed by atoms with Gasteiger partial charge in [-0.1, -0.05) is 25.1 Å². The Kier molecular flexibility index (Phi) is 8.08. The molecule has 2 aromatic rings. The number of ether oxygens (including phenoxy) is 1. The van der Waals surface area contributed by atoms with E-state index in [-0.39, 0.29) is 55.1 Å². The first-order valence-electron chi connectivity index (χ1n) is 12.8. The number of piperidine rings is 1. The number of amides is 2. The molecule has 2 heterocycles. The van der Waals surface area contributed by atoms with Crippen molar-refractivity contribution in [1.29, 1.82) is 0 Å². The summed E-state index contributed by atoms with van der Waals surface area (Å²) in [5.41, 5.74) is 1.75. The van der Waals surface area contributed by atoms with Crippen molar-refractivity contribution in [1.82, 2.24) is 9.62 Å². The fraction of sp³-hybridized carbons (Fsp3) is 0.444. The van der Waals surface area contributed by atoms with E-state index < -0.39 is 21.7 Å². The predicted octanol–water partition coefficient (Wildman–Crippen LogP) is 3.62. The topological polar surface area (TPSA) is 117 Å². The van der Waals surface area contributed by atoms with Crippen LogP contribution in [0.15, 0.2) is 47.5 Å². The number of sulfonamides is 1. The lowest BCUT2D eigenvalue weighted by Crippen LogP contribution is -2.50. The number of hydrogen-bond donors (Lipinski definition) is 2. The number of rotatable bonds is 9. The molecule has 0 radical (unpaired) electrons. The van der Waals surface area contributed by atoms with Crippen LogP contribution in [-0.2, 0) is 26.0 Å². The highest BCUT2D eigenvalue weighted by Crippen LogP contribution is 2.33. The lowest BCUT2D eigenvalue weighted by molar-refractivity contribution is -0.159. The van der Waals surface area contributed by atoms with Gasteiger partial charge in [0.1, 0.15) is 17.1 Å². The first-order valence-corrected chi connectivity index (χ1v) is 14.4. The molecule has 2 aliphatic rings. The Morgan fingerprint density at radius 2 is 1.92 bits per heavy atom. The maximum Gasteiger partial charge on any atom is 0.394 e.